The minimum atomic E-state index is -0.833. The molecule has 0 N–H and O–H groups in total. The van der Waals surface area contributed by atoms with Crippen LogP contribution < -0.4 is 10.2 Å². The van der Waals surface area contributed by atoms with E-state index in [0.29, 0.717) is 0 Å². The van der Waals surface area contributed by atoms with E-state index < -0.39 is 11.9 Å². The average molecular weight is 576 g/mol. The van der Waals surface area contributed by atoms with E-state index >= 15 is 0 Å². The third kappa shape index (κ3) is 31.7. The van der Waals surface area contributed by atoms with Crippen LogP contribution in [0.1, 0.15) is 182 Å². The molecule has 5 heteroatoms. The van der Waals surface area contributed by atoms with Gasteiger partial charge in [-0.1, -0.05) is 156 Å². The Morgan fingerprint density at radius 2 is 0.595 bits per heavy atom. The van der Waals surface area contributed by atoms with Gasteiger partial charge in [0.2, 0.25) is 0 Å². The molecule has 4 nitrogen and oxygen atoms in total. The van der Waals surface area contributed by atoms with Gasteiger partial charge in [-0.15, -0.1) is 0 Å². The summed E-state index contributed by atoms with van der Waals surface area (Å²) < 4.78 is 0. The van der Waals surface area contributed by atoms with E-state index in [0.717, 1.165) is 64.2 Å². The van der Waals surface area contributed by atoms with Crippen LogP contribution in [0.4, 0.5) is 0 Å². The Morgan fingerprint density at radius 1 is 0.405 bits per heavy atom. The van der Waals surface area contributed by atoms with Crippen molar-refractivity contribution < 1.29 is 39.3 Å². The first-order chi connectivity index (χ1) is 17.4. The van der Waals surface area contributed by atoms with Gasteiger partial charge < -0.3 is 19.8 Å². The van der Waals surface area contributed by atoms with Gasteiger partial charge in [-0.2, -0.15) is 0 Å². The van der Waals surface area contributed by atoms with Crippen LogP contribution in [-0.2, 0) is 29.1 Å². The number of carboxylic acid groups (broad SMARTS) is 2. The number of unbranched alkanes of at least 4 members (excludes halogenated alkanes) is 16. The van der Waals surface area contributed by atoms with Crippen LogP contribution in [0.25, 0.3) is 0 Å². The molecule has 0 aliphatic carbocycles. The van der Waals surface area contributed by atoms with E-state index in [1.807, 2.05) is 0 Å². The number of carboxylic acids is 2. The molecule has 2 atom stereocenters. The molecule has 0 bridgehead atoms. The Hall–Kier alpha value is -0.437. The van der Waals surface area contributed by atoms with Gasteiger partial charge in [0.05, 0.1) is 0 Å². The third-order valence-electron chi connectivity index (χ3n) is 7.29. The van der Waals surface area contributed by atoms with Gasteiger partial charge in [-0.25, -0.2) is 0 Å². The average Bonchev–Trinajstić information content (AvgIpc) is 2.86. The van der Waals surface area contributed by atoms with Crippen LogP contribution in [0.3, 0.4) is 0 Å². The van der Waals surface area contributed by atoms with Crippen molar-refractivity contribution in [2.45, 2.75) is 182 Å². The summed E-state index contributed by atoms with van der Waals surface area (Å²) in [4.78, 5) is 22.0. The van der Waals surface area contributed by atoms with Crippen molar-refractivity contribution in [2.75, 3.05) is 0 Å². The largest absolute Gasteiger partial charge is 2.00 e. The SMILES string of the molecule is CCCCCCCCC(CCCCCC)C(=O)[O-].CCCCCCCCC(CCCCCC)C(=O)[O-].[Zn+2]. The summed E-state index contributed by atoms with van der Waals surface area (Å²) in [7, 11) is 0. The molecular formula is C32H62O4Zn. The monoisotopic (exact) mass is 574 g/mol. The molecular weight excluding hydrogens is 514 g/mol. The van der Waals surface area contributed by atoms with Crippen LogP contribution >= 0.6 is 0 Å². The number of hydrogen-bond donors (Lipinski definition) is 0. The van der Waals surface area contributed by atoms with Crippen molar-refractivity contribution in [1.29, 1.82) is 0 Å². The summed E-state index contributed by atoms with van der Waals surface area (Å²) in [5.41, 5.74) is 0. The third-order valence-corrected chi connectivity index (χ3v) is 7.29. The van der Waals surface area contributed by atoms with Crippen molar-refractivity contribution in [2.24, 2.45) is 11.8 Å². The minimum absolute atomic E-state index is 0. The number of rotatable bonds is 26. The zero-order valence-electron chi connectivity index (χ0n) is 25.5. The molecule has 0 aliphatic heterocycles. The number of aliphatic carboxylic acids is 2. The summed E-state index contributed by atoms with van der Waals surface area (Å²) in [5, 5.41) is 22.0. The predicted molar refractivity (Wildman–Crippen MR) is 150 cm³/mol. The van der Waals surface area contributed by atoms with Crippen LogP contribution in [-0.4, -0.2) is 11.9 Å². The van der Waals surface area contributed by atoms with Crippen molar-refractivity contribution in [3.63, 3.8) is 0 Å². The molecule has 0 aliphatic rings. The molecule has 216 valence electrons. The fourth-order valence-corrected chi connectivity index (χ4v) is 4.74. The standard InChI is InChI=1S/2C16H32O2.Zn/c2*1-3-5-7-9-10-12-14-15(16(17)18)13-11-8-6-4-2;/h2*15H,3-14H2,1-2H3,(H,17,18);/q;;+2/p-2. The second kappa shape index (κ2) is 33.6. The van der Waals surface area contributed by atoms with E-state index in [2.05, 4.69) is 27.7 Å². The molecule has 0 heterocycles. The molecule has 0 saturated heterocycles. The summed E-state index contributed by atoms with van der Waals surface area (Å²) in [5.74, 6) is -2.07. The van der Waals surface area contributed by atoms with Gasteiger partial charge in [0.1, 0.15) is 0 Å². The zero-order chi connectivity index (χ0) is 27.3. The van der Waals surface area contributed by atoms with E-state index in [9.17, 15) is 19.8 Å². The van der Waals surface area contributed by atoms with Gasteiger partial charge in [-0.05, 0) is 37.5 Å². The van der Waals surface area contributed by atoms with Crippen LogP contribution in [0.2, 0.25) is 0 Å². The summed E-state index contributed by atoms with van der Waals surface area (Å²) in [6, 6.07) is 0. The van der Waals surface area contributed by atoms with Gasteiger partial charge in [0, 0.05) is 11.9 Å². The van der Waals surface area contributed by atoms with Gasteiger partial charge in [0.15, 0.2) is 0 Å². The maximum atomic E-state index is 11.0. The van der Waals surface area contributed by atoms with Crippen molar-refractivity contribution >= 4 is 11.9 Å². The Kier molecular flexibility index (Phi) is 37.3. The smallest absolute Gasteiger partial charge is 0.550 e. The molecule has 0 aromatic rings. The van der Waals surface area contributed by atoms with Gasteiger partial charge in [0.25, 0.3) is 0 Å². The van der Waals surface area contributed by atoms with Gasteiger partial charge >= 0.3 is 19.5 Å². The van der Waals surface area contributed by atoms with Crippen LogP contribution in [0.5, 0.6) is 0 Å². The Labute approximate surface area is 244 Å². The molecule has 0 saturated carbocycles. The molecule has 0 spiro atoms. The van der Waals surface area contributed by atoms with Crippen LogP contribution in [0, 0.1) is 11.8 Å². The van der Waals surface area contributed by atoms with Crippen molar-refractivity contribution in [1.82, 2.24) is 0 Å². The number of carbonyl (C=O) groups is 2. The number of carbonyl (C=O) groups excluding carboxylic acids is 2. The molecule has 37 heavy (non-hydrogen) atoms. The molecule has 0 aromatic heterocycles. The summed E-state index contributed by atoms with van der Waals surface area (Å²) in [6.45, 7) is 8.77. The van der Waals surface area contributed by atoms with E-state index in [4.69, 9.17) is 0 Å². The number of hydrogen-bond acceptors (Lipinski definition) is 4. The summed E-state index contributed by atoms with van der Waals surface area (Å²) >= 11 is 0. The predicted octanol–water partition coefficient (Wildman–Crippen LogP) is 8.14. The topological polar surface area (TPSA) is 80.3 Å². The van der Waals surface area contributed by atoms with E-state index in [-0.39, 0.29) is 31.3 Å². The van der Waals surface area contributed by atoms with E-state index in [1.165, 1.54) is 89.9 Å². The van der Waals surface area contributed by atoms with Crippen molar-refractivity contribution in [3.8, 4) is 0 Å². The second-order valence-electron chi connectivity index (χ2n) is 10.8. The molecule has 0 rings (SSSR count). The Balaban J connectivity index is -0.000000608. The molecule has 0 fully saturated rings. The molecule has 0 amide bonds. The van der Waals surface area contributed by atoms with Gasteiger partial charge in [-0.3, -0.25) is 0 Å². The first-order valence-corrected chi connectivity index (χ1v) is 15.9. The Morgan fingerprint density at radius 3 is 0.811 bits per heavy atom. The second-order valence-corrected chi connectivity index (χ2v) is 10.8. The summed E-state index contributed by atoms with van der Waals surface area (Å²) in [6.07, 6.45) is 27.2. The van der Waals surface area contributed by atoms with E-state index in [1.54, 1.807) is 0 Å². The molecule has 0 aromatic carbocycles. The maximum absolute atomic E-state index is 11.0. The normalized spacial score (nSPS) is 12.2. The van der Waals surface area contributed by atoms with Crippen LogP contribution in [0.15, 0.2) is 0 Å². The fraction of sp³-hybridized carbons (Fsp3) is 0.938. The quantitative estimate of drug-likeness (QED) is 0.0769. The molecule has 2 unspecified atom stereocenters. The first-order valence-electron chi connectivity index (χ1n) is 15.9. The van der Waals surface area contributed by atoms with Crippen molar-refractivity contribution in [3.05, 3.63) is 0 Å². The maximum Gasteiger partial charge on any atom is 2.00 e. The Bertz CT molecular complexity index is 428. The fourth-order valence-electron chi connectivity index (χ4n) is 4.74. The molecule has 0 radical (unpaired) electrons. The zero-order valence-corrected chi connectivity index (χ0v) is 28.4. The minimum Gasteiger partial charge on any atom is -0.550 e. The first kappa shape index (κ1) is 41.1.